The molecule has 0 spiro atoms. The lowest BCUT2D eigenvalue weighted by Crippen LogP contribution is -2.23. The van der Waals surface area contributed by atoms with Crippen molar-refractivity contribution < 1.29 is 14.6 Å². The maximum Gasteiger partial charge on any atom is 0.335 e. The van der Waals surface area contributed by atoms with Crippen LogP contribution < -0.4 is 4.74 Å². The van der Waals surface area contributed by atoms with Crippen LogP contribution in [0.15, 0.2) is 12.1 Å². The summed E-state index contributed by atoms with van der Waals surface area (Å²) in [5.41, 5.74) is 0.451. The van der Waals surface area contributed by atoms with E-state index in [4.69, 9.17) is 9.84 Å². The van der Waals surface area contributed by atoms with Crippen LogP contribution in [0.2, 0.25) is 0 Å². The molecule has 1 aromatic rings. The lowest BCUT2D eigenvalue weighted by atomic mass is 10.2. The van der Waals surface area contributed by atoms with Gasteiger partial charge < -0.3 is 9.84 Å². The molecule has 4 nitrogen and oxygen atoms in total. The van der Waals surface area contributed by atoms with E-state index in [0.717, 1.165) is 0 Å². The van der Waals surface area contributed by atoms with E-state index in [9.17, 15) is 4.79 Å². The van der Waals surface area contributed by atoms with Crippen LogP contribution in [0.3, 0.4) is 0 Å². The molecule has 0 saturated carbocycles. The third-order valence-corrected chi connectivity index (χ3v) is 1.59. The highest BCUT2D eigenvalue weighted by atomic mass is 16.5. The van der Waals surface area contributed by atoms with Gasteiger partial charge in [0.1, 0.15) is 5.60 Å². The summed E-state index contributed by atoms with van der Waals surface area (Å²) in [6.07, 6.45) is 0. The zero-order chi connectivity index (χ0) is 11.6. The van der Waals surface area contributed by atoms with Crippen LogP contribution in [0.4, 0.5) is 0 Å². The fraction of sp³-hybridized carbons (Fsp3) is 0.455. The van der Waals surface area contributed by atoms with Gasteiger partial charge >= 0.3 is 5.97 Å². The maximum absolute atomic E-state index is 10.8. The number of carboxylic acids is 1. The second-order valence-electron chi connectivity index (χ2n) is 4.36. The molecule has 15 heavy (non-hydrogen) atoms. The second-order valence-corrected chi connectivity index (χ2v) is 4.36. The van der Waals surface area contributed by atoms with Crippen LogP contribution >= 0.6 is 0 Å². The predicted octanol–water partition coefficient (Wildman–Crippen LogP) is 2.27. The van der Waals surface area contributed by atoms with Crippen molar-refractivity contribution in [2.75, 3.05) is 0 Å². The number of carboxylic acid groups (broad SMARTS) is 1. The van der Waals surface area contributed by atoms with Gasteiger partial charge in [-0.05, 0) is 33.8 Å². The van der Waals surface area contributed by atoms with Gasteiger partial charge in [-0.2, -0.15) is 0 Å². The molecule has 1 rings (SSSR count). The van der Waals surface area contributed by atoms with E-state index >= 15 is 0 Å². The molecule has 82 valence electrons. The van der Waals surface area contributed by atoms with Crippen LogP contribution in [-0.4, -0.2) is 21.7 Å². The molecule has 0 aliphatic rings. The summed E-state index contributed by atoms with van der Waals surface area (Å²) in [6.45, 7) is 7.40. The number of hydrogen-bond acceptors (Lipinski definition) is 3. The van der Waals surface area contributed by atoms with Gasteiger partial charge in [-0.25, -0.2) is 9.78 Å². The van der Waals surface area contributed by atoms with Gasteiger partial charge in [0.05, 0.1) is 5.56 Å². The molecule has 0 fully saturated rings. The largest absolute Gasteiger partial charge is 0.478 e. The van der Waals surface area contributed by atoms with E-state index in [1.165, 1.54) is 12.1 Å². The summed E-state index contributed by atoms with van der Waals surface area (Å²) in [7, 11) is 0. The second kappa shape index (κ2) is 3.88. The van der Waals surface area contributed by atoms with Crippen molar-refractivity contribution in [2.45, 2.75) is 33.3 Å². The van der Waals surface area contributed by atoms with Crippen LogP contribution in [0.5, 0.6) is 5.88 Å². The van der Waals surface area contributed by atoms with Crippen molar-refractivity contribution in [1.82, 2.24) is 4.98 Å². The lowest BCUT2D eigenvalue weighted by molar-refractivity contribution is 0.0693. The van der Waals surface area contributed by atoms with E-state index in [-0.39, 0.29) is 11.2 Å². The van der Waals surface area contributed by atoms with Gasteiger partial charge in [0.25, 0.3) is 0 Å². The minimum atomic E-state index is -0.973. The Morgan fingerprint density at radius 2 is 2.00 bits per heavy atom. The Labute approximate surface area is 88.9 Å². The highest BCUT2D eigenvalue weighted by molar-refractivity contribution is 5.87. The number of ether oxygens (including phenoxy) is 1. The zero-order valence-electron chi connectivity index (χ0n) is 9.37. The molecule has 0 bridgehead atoms. The summed E-state index contributed by atoms with van der Waals surface area (Å²) in [6, 6.07) is 2.94. The molecule has 1 aromatic heterocycles. The third kappa shape index (κ3) is 3.58. The Bertz CT molecular complexity index is 380. The van der Waals surface area contributed by atoms with Crippen LogP contribution in [0.25, 0.3) is 0 Å². The standard InChI is InChI=1S/C11H15NO3/c1-7-5-8(10(13)14)6-9(12-7)15-11(2,3)4/h5-6H,1-4H3,(H,13,14). The van der Waals surface area contributed by atoms with Crippen molar-refractivity contribution in [1.29, 1.82) is 0 Å². The van der Waals surface area contributed by atoms with Crippen molar-refractivity contribution in [3.05, 3.63) is 23.4 Å². The van der Waals surface area contributed by atoms with E-state index < -0.39 is 5.97 Å². The van der Waals surface area contributed by atoms with Crippen molar-refractivity contribution in [3.63, 3.8) is 0 Å². The van der Waals surface area contributed by atoms with Crippen molar-refractivity contribution in [3.8, 4) is 5.88 Å². The number of nitrogens with zero attached hydrogens (tertiary/aromatic N) is 1. The zero-order valence-corrected chi connectivity index (χ0v) is 9.37. The molecule has 4 heteroatoms. The molecule has 0 atom stereocenters. The van der Waals surface area contributed by atoms with Gasteiger partial charge in [0, 0.05) is 11.8 Å². The molecular weight excluding hydrogens is 194 g/mol. The first kappa shape index (κ1) is 11.5. The summed E-state index contributed by atoms with van der Waals surface area (Å²) in [5.74, 6) is -0.626. The van der Waals surface area contributed by atoms with E-state index in [1.54, 1.807) is 6.92 Å². The highest BCUT2D eigenvalue weighted by Gasteiger charge is 2.14. The number of aromatic nitrogens is 1. The Hall–Kier alpha value is -1.58. The van der Waals surface area contributed by atoms with Gasteiger partial charge in [-0.3, -0.25) is 0 Å². The molecule has 0 saturated heterocycles. The number of aromatic carboxylic acids is 1. The Morgan fingerprint density at radius 1 is 1.40 bits per heavy atom. The number of aryl methyl sites for hydroxylation is 1. The van der Waals surface area contributed by atoms with E-state index in [0.29, 0.717) is 11.6 Å². The smallest absolute Gasteiger partial charge is 0.335 e. The minimum Gasteiger partial charge on any atom is -0.478 e. The van der Waals surface area contributed by atoms with Crippen molar-refractivity contribution >= 4 is 5.97 Å². The first-order valence-electron chi connectivity index (χ1n) is 4.69. The average Bonchev–Trinajstić information content (AvgIpc) is 1.99. The van der Waals surface area contributed by atoms with E-state index in [1.807, 2.05) is 20.8 Å². The Morgan fingerprint density at radius 3 is 2.47 bits per heavy atom. The first-order valence-corrected chi connectivity index (χ1v) is 4.69. The van der Waals surface area contributed by atoms with Crippen LogP contribution in [0, 0.1) is 6.92 Å². The van der Waals surface area contributed by atoms with Crippen LogP contribution in [0.1, 0.15) is 36.8 Å². The van der Waals surface area contributed by atoms with Crippen LogP contribution in [-0.2, 0) is 0 Å². The molecule has 0 radical (unpaired) electrons. The monoisotopic (exact) mass is 209 g/mol. The summed E-state index contributed by atoms with van der Waals surface area (Å²) < 4.78 is 5.50. The number of carbonyl (C=O) groups is 1. The SMILES string of the molecule is Cc1cc(C(=O)O)cc(OC(C)(C)C)n1. The summed E-state index contributed by atoms with van der Waals surface area (Å²) in [5, 5.41) is 8.85. The molecular formula is C11H15NO3. The van der Waals surface area contributed by atoms with Gasteiger partial charge in [0.2, 0.25) is 5.88 Å². The Balaban J connectivity index is 3.04. The number of hydrogen-bond donors (Lipinski definition) is 1. The average molecular weight is 209 g/mol. The van der Waals surface area contributed by atoms with Gasteiger partial charge in [0.15, 0.2) is 0 Å². The third-order valence-electron chi connectivity index (χ3n) is 1.59. The summed E-state index contributed by atoms with van der Waals surface area (Å²) in [4.78, 5) is 14.9. The van der Waals surface area contributed by atoms with E-state index in [2.05, 4.69) is 4.98 Å². The highest BCUT2D eigenvalue weighted by Crippen LogP contribution is 2.17. The fourth-order valence-electron chi connectivity index (χ4n) is 1.13. The molecule has 0 aliphatic heterocycles. The molecule has 0 unspecified atom stereocenters. The fourth-order valence-corrected chi connectivity index (χ4v) is 1.13. The molecule has 0 amide bonds. The van der Waals surface area contributed by atoms with Gasteiger partial charge in [-0.1, -0.05) is 0 Å². The first-order chi connectivity index (χ1) is 6.78. The normalized spacial score (nSPS) is 11.2. The van der Waals surface area contributed by atoms with Crippen molar-refractivity contribution in [2.24, 2.45) is 0 Å². The quantitative estimate of drug-likeness (QED) is 0.811. The number of pyridine rings is 1. The predicted molar refractivity (Wildman–Crippen MR) is 56.3 cm³/mol. The lowest BCUT2D eigenvalue weighted by Gasteiger charge is -2.20. The molecule has 1 N–H and O–H groups in total. The maximum atomic E-state index is 10.8. The summed E-state index contributed by atoms with van der Waals surface area (Å²) >= 11 is 0. The topological polar surface area (TPSA) is 59.4 Å². The minimum absolute atomic E-state index is 0.196. The molecule has 1 heterocycles. The van der Waals surface area contributed by atoms with Gasteiger partial charge in [-0.15, -0.1) is 0 Å². The molecule has 0 aromatic carbocycles. The number of rotatable bonds is 2. The molecule has 0 aliphatic carbocycles. The Kier molecular flexibility index (Phi) is 2.98.